The molecule has 0 aliphatic carbocycles. The predicted molar refractivity (Wildman–Crippen MR) is 113 cm³/mol. The molecule has 3 aromatic rings. The number of amides is 1. The SMILES string of the molecule is Cc1nc(NCCCN(C)C)cc(C(=O)NCCc2c[nH]c3ccccc23)n1. The predicted octanol–water partition coefficient (Wildman–Crippen LogP) is 2.60. The number of rotatable bonds is 9. The van der Waals surface area contributed by atoms with Crippen LogP contribution in [0.1, 0.15) is 28.3 Å². The summed E-state index contributed by atoms with van der Waals surface area (Å²) in [5.41, 5.74) is 2.69. The number of nitrogens with one attached hydrogen (secondary N) is 3. The molecule has 0 unspecified atom stereocenters. The van der Waals surface area contributed by atoms with Crippen molar-refractivity contribution in [1.29, 1.82) is 0 Å². The third-order valence-electron chi connectivity index (χ3n) is 4.51. The molecule has 0 aliphatic heterocycles. The maximum atomic E-state index is 12.5. The van der Waals surface area contributed by atoms with E-state index in [-0.39, 0.29) is 5.91 Å². The molecule has 0 spiro atoms. The number of carbonyl (C=O) groups is 1. The molecule has 3 rings (SSSR count). The second-order valence-electron chi connectivity index (χ2n) is 7.13. The Kier molecular flexibility index (Phi) is 6.60. The monoisotopic (exact) mass is 380 g/mol. The summed E-state index contributed by atoms with van der Waals surface area (Å²) in [7, 11) is 4.10. The Balaban J connectivity index is 1.54. The van der Waals surface area contributed by atoms with E-state index in [1.807, 2.05) is 38.5 Å². The average molecular weight is 380 g/mol. The molecular weight excluding hydrogens is 352 g/mol. The lowest BCUT2D eigenvalue weighted by Gasteiger charge is -2.11. The van der Waals surface area contributed by atoms with Gasteiger partial charge in [0.2, 0.25) is 0 Å². The van der Waals surface area contributed by atoms with Gasteiger partial charge in [0.25, 0.3) is 5.91 Å². The minimum absolute atomic E-state index is 0.179. The number of anilines is 1. The van der Waals surface area contributed by atoms with Gasteiger partial charge in [-0.05, 0) is 52.0 Å². The first-order chi connectivity index (χ1) is 13.5. The van der Waals surface area contributed by atoms with Crippen LogP contribution in [-0.2, 0) is 6.42 Å². The van der Waals surface area contributed by atoms with Crippen molar-refractivity contribution < 1.29 is 4.79 Å². The van der Waals surface area contributed by atoms with E-state index in [0.29, 0.717) is 23.9 Å². The normalized spacial score (nSPS) is 11.1. The molecule has 0 saturated heterocycles. The molecule has 0 fully saturated rings. The molecule has 2 aromatic heterocycles. The van der Waals surface area contributed by atoms with Gasteiger partial charge in [0.15, 0.2) is 0 Å². The van der Waals surface area contributed by atoms with Gasteiger partial charge in [-0.1, -0.05) is 18.2 Å². The second kappa shape index (κ2) is 9.32. The smallest absolute Gasteiger partial charge is 0.270 e. The highest BCUT2D eigenvalue weighted by Gasteiger charge is 2.11. The second-order valence-corrected chi connectivity index (χ2v) is 7.13. The number of fused-ring (bicyclic) bond motifs is 1. The Morgan fingerprint density at radius 1 is 1.18 bits per heavy atom. The first-order valence-electron chi connectivity index (χ1n) is 9.60. The van der Waals surface area contributed by atoms with E-state index in [1.165, 1.54) is 10.9 Å². The number of para-hydroxylation sites is 1. The molecule has 0 saturated carbocycles. The van der Waals surface area contributed by atoms with Crippen molar-refractivity contribution in [1.82, 2.24) is 25.2 Å². The third kappa shape index (κ3) is 5.29. The van der Waals surface area contributed by atoms with E-state index in [1.54, 1.807) is 13.0 Å². The highest BCUT2D eigenvalue weighted by atomic mass is 16.1. The van der Waals surface area contributed by atoms with E-state index in [9.17, 15) is 4.79 Å². The molecule has 1 amide bonds. The maximum absolute atomic E-state index is 12.5. The Labute approximate surface area is 165 Å². The van der Waals surface area contributed by atoms with Crippen molar-refractivity contribution in [2.24, 2.45) is 0 Å². The summed E-state index contributed by atoms with van der Waals surface area (Å²) >= 11 is 0. The van der Waals surface area contributed by atoms with Crippen molar-refractivity contribution in [3.8, 4) is 0 Å². The van der Waals surface area contributed by atoms with Crippen LogP contribution in [-0.4, -0.2) is 59.5 Å². The van der Waals surface area contributed by atoms with Crippen LogP contribution < -0.4 is 10.6 Å². The minimum atomic E-state index is -0.179. The van der Waals surface area contributed by atoms with Crippen LogP contribution in [0, 0.1) is 6.92 Å². The van der Waals surface area contributed by atoms with Gasteiger partial charge in [-0.2, -0.15) is 0 Å². The Bertz CT molecular complexity index is 934. The maximum Gasteiger partial charge on any atom is 0.270 e. The Morgan fingerprint density at radius 2 is 2.00 bits per heavy atom. The fourth-order valence-corrected chi connectivity index (χ4v) is 3.13. The van der Waals surface area contributed by atoms with Crippen molar-refractivity contribution in [2.45, 2.75) is 19.8 Å². The largest absolute Gasteiger partial charge is 0.370 e. The van der Waals surface area contributed by atoms with E-state index in [0.717, 1.165) is 31.4 Å². The molecule has 2 heterocycles. The molecule has 1 aromatic carbocycles. The van der Waals surface area contributed by atoms with Crippen molar-refractivity contribution in [2.75, 3.05) is 39.0 Å². The molecule has 3 N–H and O–H groups in total. The van der Waals surface area contributed by atoms with Crippen LogP contribution in [0.25, 0.3) is 10.9 Å². The van der Waals surface area contributed by atoms with E-state index in [4.69, 9.17) is 0 Å². The fraction of sp³-hybridized carbons (Fsp3) is 0.381. The first-order valence-corrected chi connectivity index (χ1v) is 9.60. The zero-order valence-electron chi connectivity index (χ0n) is 16.7. The summed E-state index contributed by atoms with van der Waals surface area (Å²) in [4.78, 5) is 26.6. The number of nitrogens with zero attached hydrogens (tertiary/aromatic N) is 3. The van der Waals surface area contributed by atoms with Gasteiger partial charge in [0, 0.05) is 36.3 Å². The number of aryl methyl sites for hydroxylation is 1. The van der Waals surface area contributed by atoms with Crippen molar-refractivity contribution >= 4 is 22.6 Å². The van der Waals surface area contributed by atoms with Crippen LogP contribution in [0.15, 0.2) is 36.5 Å². The molecule has 0 bridgehead atoms. The Hall–Kier alpha value is -2.93. The molecule has 0 radical (unpaired) electrons. The van der Waals surface area contributed by atoms with Gasteiger partial charge in [0.05, 0.1) is 0 Å². The third-order valence-corrected chi connectivity index (χ3v) is 4.51. The molecule has 7 heteroatoms. The number of hydrogen-bond acceptors (Lipinski definition) is 5. The molecule has 0 atom stereocenters. The first kappa shape index (κ1) is 19.8. The van der Waals surface area contributed by atoms with Gasteiger partial charge >= 0.3 is 0 Å². The van der Waals surface area contributed by atoms with Gasteiger partial charge < -0.3 is 20.5 Å². The zero-order chi connectivity index (χ0) is 19.9. The van der Waals surface area contributed by atoms with Gasteiger partial charge in [-0.3, -0.25) is 4.79 Å². The number of aromatic nitrogens is 3. The zero-order valence-corrected chi connectivity index (χ0v) is 16.7. The average Bonchev–Trinajstić information content (AvgIpc) is 3.08. The lowest BCUT2D eigenvalue weighted by Crippen LogP contribution is -2.27. The number of carbonyl (C=O) groups excluding carboxylic acids is 1. The molecule has 28 heavy (non-hydrogen) atoms. The summed E-state index contributed by atoms with van der Waals surface area (Å²) in [6.07, 6.45) is 3.76. The van der Waals surface area contributed by atoms with Gasteiger partial charge in [-0.15, -0.1) is 0 Å². The fourth-order valence-electron chi connectivity index (χ4n) is 3.13. The molecular formula is C21H28N6O. The minimum Gasteiger partial charge on any atom is -0.370 e. The molecule has 0 aliphatic rings. The van der Waals surface area contributed by atoms with Crippen LogP contribution in [0.5, 0.6) is 0 Å². The van der Waals surface area contributed by atoms with Crippen LogP contribution in [0.4, 0.5) is 5.82 Å². The van der Waals surface area contributed by atoms with Crippen molar-refractivity contribution in [3.63, 3.8) is 0 Å². The van der Waals surface area contributed by atoms with Crippen LogP contribution in [0.2, 0.25) is 0 Å². The lowest BCUT2D eigenvalue weighted by atomic mass is 10.1. The number of aromatic amines is 1. The van der Waals surface area contributed by atoms with E-state index in [2.05, 4.69) is 36.6 Å². The highest BCUT2D eigenvalue weighted by Crippen LogP contribution is 2.17. The van der Waals surface area contributed by atoms with Crippen molar-refractivity contribution in [3.05, 3.63) is 53.6 Å². The highest BCUT2D eigenvalue weighted by molar-refractivity contribution is 5.93. The molecule has 148 valence electrons. The summed E-state index contributed by atoms with van der Waals surface area (Å²) in [6.45, 7) is 4.15. The lowest BCUT2D eigenvalue weighted by molar-refractivity contribution is 0.0949. The summed E-state index contributed by atoms with van der Waals surface area (Å²) in [5, 5.41) is 7.43. The molecule has 7 nitrogen and oxygen atoms in total. The van der Waals surface area contributed by atoms with Crippen LogP contribution >= 0.6 is 0 Å². The standard InChI is InChI=1S/C21H28N6O/c1-15-25-19(13-20(26-15)22-10-6-12-27(2)3)21(28)23-11-9-16-14-24-18-8-5-4-7-17(16)18/h4-5,7-8,13-14,24H,6,9-12H2,1-3H3,(H,23,28)(H,22,25,26). The Morgan fingerprint density at radius 3 is 2.82 bits per heavy atom. The van der Waals surface area contributed by atoms with Gasteiger partial charge in [-0.25, -0.2) is 9.97 Å². The number of hydrogen-bond donors (Lipinski definition) is 3. The van der Waals surface area contributed by atoms with Gasteiger partial charge in [0.1, 0.15) is 17.3 Å². The topological polar surface area (TPSA) is 85.9 Å². The quantitative estimate of drug-likeness (QED) is 0.497. The number of benzene rings is 1. The van der Waals surface area contributed by atoms with E-state index < -0.39 is 0 Å². The van der Waals surface area contributed by atoms with Crippen LogP contribution in [0.3, 0.4) is 0 Å². The summed E-state index contributed by atoms with van der Waals surface area (Å²) < 4.78 is 0. The van der Waals surface area contributed by atoms with E-state index >= 15 is 0 Å². The summed E-state index contributed by atoms with van der Waals surface area (Å²) in [5.74, 6) is 1.09. The number of H-pyrrole nitrogens is 1. The summed E-state index contributed by atoms with van der Waals surface area (Å²) in [6, 6.07) is 9.88.